The van der Waals surface area contributed by atoms with Crippen molar-refractivity contribution in [2.24, 2.45) is 11.8 Å². The predicted molar refractivity (Wildman–Crippen MR) is 74.2 cm³/mol. The van der Waals surface area contributed by atoms with Crippen molar-refractivity contribution in [3.63, 3.8) is 0 Å². The number of carbonyl (C=O) groups excluding carboxylic acids is 2. The molecule has 0 spiro atoms. The third kappa shape index (κ3) is 4.23. The summed E-state index contributed by atoms with van der Waals surface area (Å²) in [6.07, 6.45) is 0. The average Bonchev–Trinajstić information content (AvgIpc) is 2.24. The SMILES string of the molecule is C=C(C)OC(OC(=C)C)(C(=O)C(C)C)C(=O)C(C)C. The molecule has 0 saturated carbocycles. The molecule has 0 aromatic carbocycles. The van der Waals surface area contributed by atoms with E-state index in [4.69, 9.17) is 9.47 Å². The Morgan fingerprint density at radius 2 is 1.11 bits per heavy atom. The van der Waals surface area contributed by atoms with Gasteiger partial charge in [-0.1, -0.05) is 40.9 Å². The molecule has 4 heteroatoms. The predicted octanol–water partition coefficient (Wildman–Crippen LogP) is 3.23. The molecule has 0 aliphatic heterocycles. The van der Waals surface area contributed by atoms with Crippen LogP contribution in [0.25, 0.3) is 0 Å². The summed E-state index contributed by atoms with van der Waals surface area (Å²) in [7, 11) is 0. The van der Waals surface area contributed by atoms with Crippen molar-refractivity contribution in [3.8, 4) is 0 Å². The van der Waals surface area contributed by atoms with Gasteiger partial charge in [-0.25, -0.2) is 0 Å². The lowest BCUT2D eigenvalue weighted by Crippen LogP contribution is -2.54. The van der Waals surface area contributed by atoms with Gasteiger partial charge in [0.25, 0.3) is 0 Å². The van der Waals surface area contributed by atoms with Crippen molar-refractivity contribution in [2.45, 2.75) is 47.3 Å². The Balaban J connectivity index is 5.84. The van der Waals surface area contributed by atoms with Crippen LogP contribution in [0.1, 0.15) is 41.5 Å². The highest BCUT2D eigenvalue weighted by atomic mass is 16.7. The molecule has 0 fully saturated rings. The summed E-state index contributed by atoms with van der Waals surface area (Å²) in [6, 6.07) is 0. The molecule has 19 heavy (non-hydrogen) atoms. The van der Waals surface area contributed by atoms with E-state index < -0.39 is 29.2 Å². The molecule has 0 aliphatic rings. The van der Waals surface area contributed by atoms with Crippen molar-refractivity contribution in [2.75, 3.05) is 0 Å². The van der Waals surface area contributed by atoms with Gasteiger partial charge in [0.05, 0.1) is 11.5 Å². The second-order valence-electron chi connectivity index (χ2n) is 5.26. The van der Waals surface area contributed by atoms with Crippen molar-refractivity contribution in [1.82, 2.24) is 0 Å². The lowest BCUT2D eigenvalue weighted by Gasteiger charge is -2.34. The van der Waals surface area contributed by atoms with E-state index in [1.165, 1.54) is 0 Å². The first-order valence-electron chi connectivity index (χ1n) is 6.32. The fourth-order valence-electron chi connectivity index (χ4n) is 1.59. The monoisotopic (exact) mass is 268 g/mol. The summed E-state index contributed by atoms with van der Waals surface area (Å²) in [6.45, 7) is 17.1. The van der Waals surface area contributed by atoms with E-state index in [9.17, 15) is 9.59 Å². The van der Waals surface area contributed by atoms with E-state index in [0.717, 1.165) is 0 Å². The first kappa shape index (κ1) is 17.4. The Morgan fingerprint density at radius 1 is 0.842 bits per heavy atom. The molecule has 0 amide bonds. The molecule has 4 nitrogen and oxygen atoms in total. The third-order valence-electron chi connectivity index (χ3n) is 2.33. The maximum absolute atomic E-state index is 12.4. The Morgan fingerprint density at radius 3 is 1.26 bits per heavy atom. The minimum atomic E-state index is -1.97. The molecule has 0 aromatic heterocycles. The summed E-state index contributed by atoms with van der Waals surface area (Å²) in [4.78, 5) is 24.9. The maximum Gasteiger partial charge on any atom is 0.373 e. The third-order valence-corrected chi connectivity index (χ3v) is 2.33. The Kier molecular flexibility index (Phi) is 6.00. The van der Waals surface area contributed by atoms with E-state index >= 15 is 0 Å². The van der Waals surface area contributed by atoms with Crippen LogP contribution in [0.4, 0.5) is 0 Å². The number of ether oxygens (including phenoxy) is 2. The topological polar surface area (TPSA) is 52.6 Å². The van der Waals surface area contributed by atoms with Crippen LogP contribution >= 0.6 is 0 Å². The average molecular weight is 268 g/mol. The molecular weight excluding hydrogens is 244 g/mol. The van der Waals surface area contributed by atoms with Crippen LogP contribution in [0.15, 0.2) is 24.7 Å². The largest absolute Gasteiger partial charge is 0.445 e. The van der Waals surface area contributed by atoms with Gasteiger partial charge in [-0.05, 0) is 13.8 Å². The maximum atomic E-state index is 12.4. The van der Waals surface area contributed by atoms with E-state index in [1.54, 1.807) is 41.5 Å². The number of hydrogen-bond donors (Lipinski definition) is 0. The standard InChI is InChI=1S/C15H24O4/c1-9(2)13(16)15(18-11(5)6,19-12(7)8)14(17)10(3)4/h9-10H,5,7H2,1-4,6,8H3. The number of allylic oxidation sites excluding steroid dienone is 2. The van der Waals surface area contributed by atoms with Gasteiger partial charge >= 0.3 is 5.79 Å². The fraction of sp³-hybridized carbons (Fsp3) is 0.600. The highest BCUT2D eigenvalue weighted by molar-refractivity contribution is 6.10. The number of Topliss-reactive ketones (excluding diaryl/α,β-unsaturated/α-hetero) is 2. The fourth-order valence-corrected chi connectivity index (χ4v) is 1.59. The molecular formula is C15H24O4. The van der Waals surface area contributed by atoms with Crippen LogP contribution < -0.4 is 0 Å². The zero-order chi connectivity index (χ0) is 15.4. The lowest BCUT2D eigenvalue weighted by molar-refractivity contribution is -0.204. The summed E-state index contributed by atoms with van der Waals surface area (Å²) in [5.74, 6) is -3.19. The van der Waals surface area contributed by atoms with Crippen molar-refractivity contribution in [1.29, 1.82) is 0 Å². The summed E-state index contributed by atoms with van der Waals surface area (Å²) in [5.41, 5.74) is 0. The number of ketones is 2. The van der Waals surface area contributed by atoms with Crippen LogP contribution in [-0.4, -0.2) is 17.4 Å². The van der Waals surface area contributed by atoms with Crippen LogP contribution in [-0.2, 0) is 19.1 Å². The summed E-state index contributed by atoms with van der Waals surface area (Å²) in [5, 5.41) is 0. The zero-order valence-electron chi connectivity index (χ0n) is 12.7. The van der Waals surface area contributed by atoms with Crippen molar-refractivity contribution >= 4 is 11.6 Å². The summed E-state index contributed by atoms with van der Waals surface area (Å²) < 4.78 is 10.8. The van der Waals surface area contributed by atoms with Gasteiger partial charge in [-0.2, -0.15) is 0 Å². The van der Waals surface area contributed by atoms with Crippen LogP contribution in [0.2, 0.25) is 0 Å². The van der Waals surface area contributed by atoms with E-state index in [2.05, 4.69) is 13.2 Å². The smallest absolute Gasteiger partial charge is 0.373 e. The minimum absolute atomic E-state index is 0.240. The van der Waals surface area contributed by atoms with Crippen LogP contribution in [0.3, 0.4) is 0 Å². The zero-order valence-corrected chi connectivity index (χ0v) is 12.7. The first-order chi connectivity index (χ1) is 8.54. The molecule has 0 unspecified atom stereocenters. The number of rotatable bonds is 8. The molecule has 108 valence electrons. The second-order valence-corrected chi connectivity index (χ2v) is 5.26. The quantitative estimate of drug-likeness (QED) is 0.385. The molecule has 0 atom stereocenters. The molecule has 0 saturated heterocycles. The van der Waals surface area contributed by atoms with E-state index in [-0.39, 0.29) is 11.5 Å². The Hall–Kier alpha value is -1.58. The second kappa shape index (κ2) is 6.55. The molecule has 0 aromatic rings. The van der Waals surface area contributed by atoms with Gasteiger partial charge in [-0.3, -0.25) is 9.59 Å². The normalized spacial score (nSPS) is 11.4. The Labute approximate surface area is 115 Å². The van der Waals surface area contributed by atoms with Gasteiger partial charge in [0.15, 0.2) is 0 Å². The first-order valence-corrected chi connectivity index (χ1v) is 6.32. The molecule has 0 aliphatic carbocycles. The van der Waals surface area contributed by atoms with Gasteiger partial charge in [0, 0.05) is 11.8 Å². The van der Waals surface area contributed by atoms with Crippen molar-refractivity contribution < 1.29 is 19.1 Å². The number of hydrogen-bond acceptors (Lipinski definition) is 4. The van der Waals surface area contributed by atoms with Crippen LogP contribution in [0, 0.1) is 11.8 Å². The Bertz CT molecular complexity index is 353. The summed E-state index contributed by atoms with van der Waals surface area (Å²) >= 11 is 0. The molecule has 0 radical (unpaired) electrons. The molecule has 0 N–H and O–H groups in total. The molecule has 0 bridgehead atoms. The van der Waals surface area contributed by atoms with Gasteiger partial charge in [0.2, 0.25) is 11.6 Å². The minimum Gasteiger partial charge on any atom is -0.445 e. The van der Waals surface area contributed by atoms with Gasteiger partial charge in [0.1, 0.15) is 0 Å². The van der Waals surface area contributed by atoms with Crippen LogP contribution in [0.5, 0.6) is 0 Å². The highest BCUT2D eigenvalue weighted by Gasteiger charge is 2.52. The van der Waals surface area contributed by atoms with E-state index in [1.807, 2.05) is 0 Å². The highest BCUT2D eigenvalue weighted by Crippen LogP contribution is 2.28. The molecule has 0 rings (SSSR count). The lowest BCUT2D eigenvalue weighted by atomic mass is 9.91. The van der Waals surface area contributed by atoms with E-state index in [0.29, 0.717) is 0 Å². The van der Waals surface area contributed by atoms with Gasteiger partial charge in [-0.15, -0.1) is 0 Å². The molecule has 0 heterocycles. The number of carbonyl (C=O) groups is 2. The van der Waals surface area contributed by atoms with Gasteiger partial charge < -0.3 is 9.47 Å². The van der Waals surface area contributed by atoms with Crippen molar-refractivity contribution in [3.05, 3.63) is 24.7 Å².